The molecule has 0 unspecified atom stereocenters. The third-order valence-corrected chi connectivity index (χ3v) is 6.36. The van der Waals surface area contributed by atoms with Gasteiger partial charge in [0.15, 0.2) is 0 Å². The fourth-order valence-corrected chi connectivity index (χ4v) is 4.11. The standard InChI is InChI=1S/C23H22Cl2N4O3/c1-2-15-13-28(18-9-7-17(8-10-18)27-12-4-11-26-22(27)31)23(32)29(21(15)30)14-16-5-3-6-19(24)20(16)25/h3,5-10,13H,2,4,11-12,14H2,1H3,(H,26,31). The summed E-state index contributed by atoms with van der Waals surface area (Å²) in [6, 6.07) is 12.1. The molecule has 1 N–H and O–H groups in total. The summed E-state index contributed by atoms with van der Waals surface area (Å²) in [7, 11) is 0. The number of nitrogens with zero attached hydrogens (tertiary/aromatic N) is 3. The first-order valence-corrected chi connectivity index (χ1v) is 11.1. The molecule has 0 atom stereocenters. The van der Waals surface area contributed by atoms with Crippen molar-refractivity contribution in [3.63, 3.8) is 0 Å². The van der Waals surface area contributed by atoms with E-state index in [-0.39, 0.29) is 18.1 Å². The van der Waals surface area contributed by atoms with Gasteiger partial charge in [-0.3, -0.25) is 18.8 Å². The maximum atomic E-state index is 13.3. The van der Waals surface area contributed by atoms with Crippen LogP contribution in [0.3, 0.4) is 0 Å². The largest absolute Gasteiger partial charge is 0.338 e. The van der Waals surface area contributed by atoms with Gasteiger partial charge in [0.1, 0.15) is 0 Å². The molecule has 9 heteroatoms. The lowest BCUT2D eigenvalue weighted by Gasteiger charge is -2.27. The number of hydrogen-bond donors (Lipinski definition) is 1. The van der Waals surface area contributed by atoms with E-state index in [0.717, 1.165) is 12.1 Å². The van der Waals surface area contributed by atoms with Crippen LogP contribution in [0.5, 0.6) is 0 Å². The van der Waals surface area contributed by atoms with Crippen molar-refractivity contribution in [3.8, 4) is 5.69 Å². The maximum absolute atomic E-state index is 13.3. The first-order chi connectivity index (χ1) is 15.4. The van der Waals surface area contributed by atoms with E-state index in [9.17, 15) is 14.4 Å². The summed E-state index contributed by atoms with van der Waals surface area (Å²) in [6.45, 7) is 3.18. The van der Waals surface area contributed by atoms with E-state index in [1.807, 2.05) is 6.92 Å². The van der Waals surface area contributed by atoms with Crippen LogP contribution in [0.4, 0.5) is 10.5 Å². The molecule has 3 aromatic rings. The average molecular weight is 473 g/mol. The SMILES string of the molecule is CCc1cn(-c2ccc(N3CCCNC3=O)cc2)c(=O)n(Cc2cccc(Cl)c2Cl)c1=O. The first-order valence-electron chi connectivity index (χ1n) is 10.3. The van der Waals surface area contributed by atoms with Gasteiger partial charge in [-0.2, -0.15) is 0 Å². The molecule has 1 fully saturated rings. The molecule has 0 aliphatic carbocycles. The second kappa shape index (κ2) is 9.22. The van der Waals surface area contributed by atoms with Crippen molar-refractivity contribution in [2.24, 2.45) is 0 Å². The van der Waals surface area contributed by atoms with Crippen molar-refractivity contribution in [1.82, 2.24) is 14.5 Å². The highest BCUT2D eigenvalue weighted by molar-refractivity contribution is 6.42. The number of hydrogen-bond acceptors (Lipinski definition) is 3. The Morgan fingerprint density at radius 1 is 0.969 bits per heavy atom. The van der Waals surface area contributed by atoms with Gasteiger partial charge in [-0.1, -0.05) is 42.3 Å². The lowest BCUT2D eigenvalue weighted by atomic mass is 10.2. The highest BCUT2D eigenvalue weighted by Crippen LogP contribution is 2.26. The number of nitrogens with one attached hydrogen (secondary N) is 1. The topological polar surface area (TPSA) is 76.3 Å². The van der Waals surface area contributed by atoms with E-state index in [1.165, 1.54) is 9.13 Å². The molecule has 1 aromatic heterocycles. The molecular formula is C23H22Cl2N4O3. The minimum absolute atomic E-state index is 0.0108. The molecular weight excluding hydrogens is 451 g/mol. The number of carbonyl (C=O) groups is 1. The van der Waals surface area contributed by atoms with E-state index >= 15 is 0 Å². The molecule has 0 radical (unpaired) electrons. The number of carbonyl (C=O) groups excluding carboxylic acids is 1. The van der Waals surface area contributed by atoms with Crippen LogP contribution in [0.1, 0.15) is 24.5 Å². The van der Waals surface area contributed by atoms with Gasteiger partial charge in [-0.15, -0.1) is 0 Å². The van der Waals surface area contributed by atoms with Crippen molar-refractivity contribution in [1.29, 1.82) is 0 Å². The maximum Gasteiger partial charge on any atom is 0.335 e. The Kier molecular flexibility index (Phi) is 6.39. The zero-order chi connectivity index (χ0) is 22.8. The van der Waals surface area contributed by atoms with Crippen molar-refractivity contribution in [2.45, 2.75) is 26.3 Å². The third-order valence-electron chi connectivity index (χ3n) is 5.50. The lowest BCUT2D eigenvalue weighted by Crippen LogP contribution is -2.46. The Morgan fingerprint density at radius 2 is 1.69 bits per heavy atom. The van der Waals surface area contributed by atoms with Gasteiger partial charge in [0.2, 0.25) is 0 Å². The van der Waals surface area contributed by atoms with Crippen LogP contribution in [-0.2, 0) is 13.0 Å². The van der Waals surface area contributed by atoms with Gasteiger partial charge >= 0.3 is 11.7 Å². The number of urea groups is 1. The lowest BCUT2D eigenvalue weighted by molar-refractivity contribution is 0.243. The number of rotatable bonds is 5. The number of anilines is 1. The highest BCUT2D eigenvalue weighted by Gasteiger charge is 2.19. The van der Waals surface area contributed by atoms with Gasteiger partial charge in [0, 0.05) is 30.5 Å². The summed E-state index contributed by atoms with van der Waals surface area (Å²) in [5.41, 5.74) is 1.59. The summed E-state index contributed by atoms with van der Waals surface area (Å²) in [5, 5.41) is 3.50. The van der Waals surface area contributed by atoms with Crippen LogP contribution >= 0.6 is 23.2 Å². The fraction of sp³-hybridized carbons (Fsp3) is 0.261. The minimum Gasteiger partial charge on any atom is -0.338 e. The summed E-state index contributed by atoms with van der Waals surface area (Å²) in [5.74, 6) is 0. The molecule has 1 saturated heterocycles. The molecule has 166 valence electrons. The quantitative estimate of drug-likeness (QED) is 0.612. The van der Waals surface area contributed by atoms with E-state index in [4.69, 9.17) is 23.2 Å². The molecule has 0 bridgehead atoms. The van der Waals surface area contributed by atoms with Crippen LogP contribution in [-0.4, -0.2) is 28.3 Å². The summed E-state index contributed by atoms with van der Waals surface area (Å²) >= 11 is 12.4. The Morgan fingerprint density at radius 3 is 2.38 bits per heavy atom. The molecule has 32 heavy (non-hydrogen) atoms. The first kappa shape index (κ1) is 22.2. The summed E-state index contributed by atoms with van der Waals surface area (Å²) < 4.78 is 2.61. The second-order valence-corrected chi connectivity index (χ2v) is 8.30. The number of halogens is 2. The number of benzene rings is 2. The highest BCUT2D eigenvalue weighted by atomic mass is 35.5. The molecule has 4 rings (SSSR count). The number of aryl methyl sites for hydroxylation is 1. The summed E-state index contributed by atoms with van der Waals surface area (Å²) in [4.78, 5) is 40.0. The van der Waals surface area contributed by atoms with Gasteiger partial charge in [0.05, 0.1) is 22.3 Å². The van der Waals surface area contributed by atoms with E-state index in [0.29, 0.717) is 46.4 Å². The zero-order valence-corrected chi connectivity index (χ0v) is 19.0. The predicted molar refractivity (Wildman–Crippen MR) is 127 cm³/mol. The Bertz CT molecular complexity index is 1280. The molecule has 1 aliphatic heterocycles. The molecule has 2 amide bonds. The molecule has 0 spiro atoms. The van der Waals surface area contributed by atoms with Crippen LogP contribution < -0.4 is 21.5 Å². The van der Waals surface area contributed by atoms with Gasteiger partial charge < -0.3 is 5.32 Å². The Labute approximate surface area is 194 Å². The van der Waals surface area contributed by atoms with Crippen LogP contribution in [0.25, 0.3) is 5.69 Å². The second-order valence-electron chi connectivity index (χ2n) is 7.52. The van der Waals surface area contributed by atoms with Crippen LogP contribution in [0.2, 0.25) is 10.0 Å². The molecule has 1 aliphatic rings. The van der Waals surface area contributed by atoms with Gasteiger partial charge in [-0.25, -0.2) is 9.59 Å². The normalized spacial score (nSPS) is 13.8. The van der Waals surface area contributed by atoms with Crippen molar-refractivity contribution >= 4 is 34.9 Å². The Hall–Kier alpha value is -3.03. The molecule has 2 heterocycles. The smallest absolute Gasteiger partial charge is 0.335 e. The molecule has 2 aromatic carbocycles. The Balaban J connectivity index is 1.75. The van der Waals surface area contributed by atoms with Gasteiger partial charge in [-0.05, 0) is 48.7 Å². The zero-order valence-electron chi connectivity index (χ0n) is 17.5. The molecule has 7 nitrogen and oxygen atoms in total. The monoisotopic (exact) mass is 472 g/mol. The van der Waals surface area contributed by atoms with Crippen molar-refractivity contribution in [3.05, 3.63) is 90.7 Å². The summed E-state index contributed by atoms with van der Waals surface area (Å²) in [6.07, 6.45) is 2.90. The van der Waals surface area contributed by atoms with Crippen molar-refractivity contribution in [2.75, 3.05) is 18.0 Å². The number of amides is 2. The van der Waals surface area contributed by atoms with E-state index < -0.39 is 5.69 Å². The van der Waals surface area contributed by atoms with Gasteiger partial charge in [0.25, 0.3) is 5.56 Å². The van der Waals surface area contributed by atoms with Crippen molar-refractivity contribution < 1.29 is 4.79 Å². The van der Waals surface area contributed by atoms with Crippen LogP contribution in [0.15, 0.2) is 58.3 Å². The number of aromatic nitrogens is 2. The molecule has 0 saturated carbocycles. The fourth-order valence-electron chi connectivity index (χ4n) is 3.73. The van der Waals surface area contributed by atoms with E-state index in [1.54, 1.807) is 53.6 Å². The minimum atomic E-state index is -0.480. The van der Waals surface area contributed by atoms with E-state index in [2.05, 4.69) is 5.32 Å². The third kappa shape index (κ3) is 4.18. The predicted octanol–water partition coefficient (Wildman–Crippen LogP) is 3.84. The van der Waals surface area contributed by atoms with Crippen LogP contribution in [0, 0.1) is 0 Å². The average Bonchev–Trinajstić information content (AvgIpc) is 2.80.